The van der Waals surface area contributed by atoms with Crippen LogP contribution in [0.3, 0.4) is 0 Å². The topological polar surface area (TPSA) is 76.1 Å². The minimum atomic E-state index is -0.385. The molecule has 0 N–H and O–H groups in total. The normalized spacial score (nSPS) is 11.4. The Morgan fingerprint density at radius 1 is 1.14 bits per heavy atom. The minimum Gasteiger partial charge on any atom is -0.465 e. The Hall–Kier alpha value is -3.69. The molecular formula is C22H14N2O3S. The van der Waals surface area contributed by atoms with Crippen molar-refractivity contribution >= 4 is 39.2 Å². The second-order valence-electron chi connectivity index (χ2n) is 5.93. The number of carbonyl (C=O) groups excluding carboxylic acids is 1. The first-order valence-corrected chi connectivity index (χ1v) is 9.26. The number of hydrogen-bond acceptors (Lipinski definition) is 6. The smallest absolute Gasteiger partial charge is 0.337 e. The summed E-state index contributed by atoms with van der Waals surface area (Å²) in [5.41, 5.74) is 2.61. The fourth-order valence-corrected chi connectivity index (χ4v) is 3.68. The van der Waals surface area contributed by atoms with Crippen molar-refractivity contribution in [2.24, 2.45) is 0 Å². The van der Waals surface area contributed by atoms with E-state index in [2.05, 4.69) is 11.1 Å². The van der Waals surface area contributed by atoms with Gasteiger partial charge in [0.05, 0.1) is 28.5 Å². The molecule has 0 radical (unpaired) electrons. The van der Waals surface area contributed by atoms with E-state index in [-0.39, 0.29) is 5.97 Å². The van der Waals surface area contributed by atoms with Crippen LogP contribution in [-0.4, -0.2) is 18.1 Å². The lowest BCUT2D eigenvalue weighted by Gasteiger charge is -2.00. The molecule has 0 bridgehead atoms. The third kappa shape index (κ3) is 3.43. The highest BCUT2D eigenvalue weighted by Crippen LogP contribution is 2.29. The van der Waals surface area contributed by atoms with Gasteiger partial charge in [-0.05, 0) is 36.4 Å². The number of ether oxygens (including phenoxy) is 1. The molecule has 5 nitrogen and oxygen atoms in total. The molecular weight excluding hydrogens is 372 g/mol. The molecule has 0 unspecified atom stereocenters. The highest BCUT2D eigenvalue weighted by Gasteiger charge is 2.11. The van der Waals surface area contributed by atoms with Crippen molar-refractivity contribution in [3.05, 3.63) is 77.0 Å². The van der Waals surface area contributed by atoms with Crippen LogP contribution in [-0.2, 0) is 4.74 Å². The van der Waals surface area contributed by atoms with E-state index in [0.717, 1.165) is 15.8 Å². The van der Waals surface area contributed by atoms with E-state index in [4.69, 9.17) is 9.15 Å². The van der Waals surface area contributed by atoms with Gasteiger partial charge in [0.15, 0.2) is 0 Å². The van der Waals surface area contributed by atoms with Gasteiger partial charge in [0.1, 0.15) is 22.6 Å². The lowest BCUT2D eigenvalue weighted by molar-refractivity contribution is 0.0600. The van der Waals surface area contributed by atoms with Gasteiger partial charge < -0.3 is 9.15 Å². The van der Waals surface area contributed by atoms with Crippen molar-refractivity contribution in [3.63, 3.8) is 0 Å². The maximum absolute atomic E-state index is 11.5. The summed E-state index contributed by atoms with van der Waals surface area (Å²) in [6.45, 7) is 0. The summed E-state index contributed by atoms with van der Waals surface area (Å²) in [5, 5.41) is 10.2. The van der Waals surface area contributed by atoms with Gasteiger partial charge in [-0.1, -0.05) is 24.3 Å². The average molecular weight is 386 g/mol. The highest BCUT2D eigenvalue weighted by molar-refractivity contribution is 7.19. The molecule has 0 aliphatic rings. The van der Waals surface area contributed by atoms with E-state index >= 15 is 0 Å². The van der Waals surface area contributed by atoms with Crippen LogP contribution < -0.4 is 0 Å². The van der Waals surface area contributed by atoms with Crippen LogP contribution in [0.4, 0.5) is 0 Å². The fourth-order valence-electron chi connectivity index (χ4n) is 2.75. The number of fused-ring (bicyclic) bond motifs is 1. The number of hydrogen-bond donors (Lipinski definition) is 0. The van der Waals surface area contributed by atoms with E-state index in [1.165, 1.54) is 18.4 Å². The lowest BCUT2D eigenvalue weighted by atomic mass is 10.1. The van der Waals surface area contributed by atoms with E-state index in [0.29, 0.717) is 27.7 Å². The predicted octanol–water partition coefficient (Wildman–Crippen LogP) is 5.41. The summed E-state index contributed by atoms with van der Waals surface area (Å²) < 4.78 is 11.6. The number of thiazole rings is 1. The number of esters is 1. The zero-order valence-electron chi connectivity index (χ0n) is 14.9. The monoisotopic (exact) mass is 386 g/mol. The molecule has 0 spiro atoms. The number of para-hydroxylation sites is 1. The summed E-state index contributed by atoms with van der Waals surface area (Å²) in [7, 11) is 1.35. The number of nitriles is 1. The molecule has 136 valence electrons. The van der Waals surface area contributed by atoms with Crippen LogP contribution >= 0.6 is 11.3 Å². The van der Waals surface area contributed by atoms with Gasteiger partial charge in [-0.3, -0.25) is 0 Å². The second kappa shape index (κ2) is 7.51. The maximum atomic E-state index is 11.5. The average Bonchev–Trinajstić information content (AvgIpc) is 3.38. The van der Waals surface area contributed by atoms with E-state index in [9.17, 15) is 10.1 Å². The number of nitrogens with zero attached hydrogens (tertiary/aromatic N) is 2. The first-order chi connectivity index (χ1) is 13.7. The standard InChI is InChI=1S/C22H14N2O3S/c1-26-22(25)15-8-6-14(7-9-15)19-11-10-17(27-19)12-16(13-23)21-24-18-4-2-3-5-20(18)28-21/h2-12H,1H3/b16-12+. The Morgan fingerprint density at radius 2 is 1.93 bits per heavy atom. The predicted molar refractivity (Wildman–Crippen MR) is 109 cm³/mol. The maximum Gasteiger partial charge on any atom is 0.337 e. The molecule has 0 aliphatic carbocycles. The Kier molecular flexibility index (Phi) is 4.75. The van der Waals surface area contributed by atoms with Crippen LogP contribution in [0.15, 0.2) is 65.1 Å². The Labute approximate surface area is 165 Å². The molecule has 6 heteroatoms. The lowest BCUT2D eigenvalue weighted by Crippen LogP contribution is -2.00. The Bertz CT molecular complexity index is 1190. The summed E-state index contributed by atoms with van der Waals surface area (Å²) in [6, 6.07) is 20.5. The molecule has 0 atom stereocenters. The van der Waals surface area contributed by atoms with E-state index in [1.807, 2.05) is 30.3 Å². The zero-order chi connectivity index (χ0) is 19.5. The number of benzene rings is 2. The molecule has 4 aromatic rings. The minimum absolute atomic E-state index is 0.385. The van der Waals surface area contributed by atoms with Gasteiger partial charge in [0.25, 0.3) is 0 Å². The summed E-state index contributed by atoms with van der Waals surface area (Å²) >= 11 is 1.47. The highest BCUT2D eigenvalue weighted by atomic mass is 32.1. The number of aromatic nitrogens is 1. The van der Waals surface area contributed by atoms with Gasteiger partial charge in [0, 0.05) is 11.6 Å². The Morgan fingerprint density at radius 3 is 2.64 bits per heavy atom. The van der Waals surface area contributed by atoms with E-state index < -0.39 is 0 Å². The summed E-state index contributed by atoms with van der Waals surface area (Å²) in [6.07, 6.45) is 1.68. The van der Waals surface area contributed by atoms with Gasteiger partial charge >= 0.3 is 5.97 Å². The molecule has 28 heavy (non-hydrogen) atoms. The largest absolute Gasteiger partial charge is 0.465 e. The van der Waals surface area contributed by atoms with Crippen LogP contribution in [0.2, 0.25) is 0 Å². The molecule has 2 heterocycles. The molecule has 0 saturated carbocycles. The molecule has 4 rings (SSSR count). The molecule has 0 saturated heterocycles. The van der Waals surface area contributed by atoms with Crippen LogP contribution in [0.5, 0.6) is 0 Å². The second-order valence-corrected chi connectivity index (χ2v) is 6.96. The van der Waals surface area contributed by atoms with Gasteiger partial charge in [-0.2, -0.15) is 5.26 Å². The van der Waals surface area contributed by atoms with Crippen molar-refractivity contribution in [3.8, 4) is 17.4 Å². The molecule has 0 fully saturated rings. The van der Waals surface area contributed by atoms with Crippen LogP contribution in [0.25, 0.3) is 33.2 Å². The Balaban J connectivity index is 1.62. The van der Waals surface area contributed by atoms with Crippen molar-refractivity contribution < 1.29 is 13.9 Å². The third-order valence-corrected chi connectivity index (χ3v) is 5.22. The van der Waals surface area contributed by atoms with Gasteiger partial charge in [-0.15, -0.1) is 11.3 Å². The number of rotatable bonds is 4. The molecule has 2 aromatic heterocycles. The van der Waals surface area contributed by atoms with Crippen LogP contribution in [0.1, 0.15) is 21.1 Å². The van der Waals surface area contributed by atoms with Crippen molar-refractivity contribution in [2.75, 3.05) is 7.11 Å². The zero-order valence-corrected chi connectivity index (χ0v) is 15.7. The number of furan rings is 1. The van der Waals surface area contributed by atoms with Crippen molar-refractivity contribution in [1.82, 2.24) is 4.98 Å². The quantitative estimate of drug-likeness (QED) is 0.346. The van der Waals surface area contributed by atoms with Gasteiger partial charge in [0.2, 0.25) is 0 Å². The summed E-state index contributed by atoms with van der Waals surface area (Å²) in [5.74, 6) is 0.816. The molecule has 0 amide bonds. The van der Waals surface area contributed by atoms with E-state index in [1.54, 1.807) is 36.4 Å². The SMILES string of the molecule is COC(=O)c1ccc(-c2ccc(/C=C(\C#N)c3nc4ccccc4s3)o2)cc1. The molecule has 0 aliphatic heterocycles. The van der Waals surface area contributed by atoms with Crippen LogP contribution in [0, 0.1) is 11.3 Å². The first-order valence-electron chi connectivity index (χ1n) is 8.44. The number of methoxy groups -OCH3 is 1. The van der Waals surface area contributed by atoms with Crippen molar-refractivity contribution in [1.29, 1.82) is 5.26 Å². The fraction of sp³-hybridized carbons (Fsp3) is 0.0455. The summed E-state index contributed by atoms with van der Waals surface area (Å²) in [4.78, 5) is 16.1. The van der Waals surface area contributed by atoms with Gasteiger partial charge in [-0.25, -0.2) is 9.78 Å². The van der Waals surface area contributed by atoms with Crippen molar-refractivity contribution in [2.45, 2.75) is 0 Å². The molecule has 2 aromatic carbocycles. The third-order valence-electron chi connectivity index (χ3n) is 4.15. The first kappa shape index (κ1) is 17.7. The number of carbonyl (C=O) groups is 1. The number of allylic oxidation sites excluding steroid dienone is 1.